The number of rotatable bonds is 5. The highest BCUT2D eigenvalue weighted by atomic mass is 16.5. The molecule has 30 heavy (non-hydrogen) atoms. The first-order chi connectivity index (χ1) is 14.6. The number of amides is 1. The highest BCUT2D eigenvalue weighted by Crippen LogP contribution is 2.25. The van der Waals surface area contributed by atoms with E-state index in [2.05, 4.69) is 14.5 Å². The van der Waals surface area contributed by atoms with E-state index in [1.807, 2.05) is 73.6 Å². The Balaban J connectivity index is 1.47. The van der Waals surface area contributed by atoms with Crippen molar-refractivity contribution in [1.29, 1.82) is 0 Å². The molecule has 0 unspecified atom stereocenters. The summed E-state index contributed by atoms with van der Waals surface area (Å²) in [6, 6.07) is 14.0. The molecule has 0 bridgehead atoms. The van der Waals surface area contributed by atoms with Crippen molar-refractivity contribution in [2.24, 2.45) is 0 Å². The normalized spacial score (nSPS) is 14.7. The third-order valence-electron chi connectivity index (χ3n) is 5.79. The molecule has 4 rings (SSSR count). The molecule has 1 saturated heterocycles. The van der Waals surface area contributed by atoms with Crippen LogP contribution >= 0.6 is 0 Å². The van der Waals surface area contributed by atoms with E-state index in [-0.39, 0.29) is 5.91 Å². The largest absolute Gasteiger partial charge is 0.497 e. The lowest BCUT2D eigenvalue weighted by Gasteiger charge is -2.34. The fraction of sp³-hybridized carbons (Fsp3) is 0.333. The van der Waals surface area contributed by atoms with E-state index in [4.69, 9.17) is 4.74 Å². The molecule has 3 heterocycles. The van der Waals surface area contributed by atoms with Crippen molar-refractivity contribution in [3.8, 4) is 11.4 Å². The maximum atomic E-state index is 13.3. The molecule has 0 saturated carbocycles. The van der Waals surface area contributed by atoms with Gasteiger partial charge in [-0.25, -0.2) is 0 Å². The number of ether oxygens (including phenoxy) is 1. The number of aryl methyl sites for hydroxylation is 1. The molecule has 1 aromatic carbocycles. The van der Waals surface area contributed by atoms with Gasteiger partial charge < -0.3 is 14.2 Å². The average molecular weight is 405 g/mol. The summed E-state index contributed by atoms with van der Waals surface area (Å²) in [6.07, 6.45) is 3.65. The third kappa shape index (κ3) is 4.09. The predicted octanol–water partition coefficient (Wildman–Crippen LogP) is 3.46. The van der Waals surface area contributed by atoms with Crippen molar-refractivity contribution < 1.29 is 9.53 Å². The lowest BCUT2D eigenvalue weighted by molar-refractivity contribution is 0.0628. The molecular weight excluding hydrogens is 376 g/mol. The smallest absolute Gasteiger partial charge is 0.255 e. The molecular formula is C24H28N4O2. The zero-order valence-corrected chi connectivity index (χ0v) is 17.8. The zero-order chi connectivity index (χ0) is 21.1. The summed E-state index contributed by atoms with van der Waals surface area (Å²) >= 11 is 0. The number of carbonyl (C=O) groups is 1. The van der Waals surface area contributed by atoms with Crippen molar-refractivity contribution >= 4 is 5.91 Å². The van der Waals surface area contributed by atoms with Crippen LogP contribution in [0.25, 0.3) is 5.69 Å². The number of nitrogens with zero attached hydrogens (tertiary/aromatic N) is 4. The van der Waals surface area contributed by atoms with Gasteiger partial charge in [0.15, 0.2) is 0 Å². The number of methoxy groups -OCH3 is 1. The first-order valence-electron chi connectivity index (χ1n) is 10.3. The Morgan fingerprint density at radius 1 is 1.03 bits per heavy atom. The van der Waals surface area contributed by atoms with Gasteiger partial charge in [-0.2, -0.15) is 0 Å². The second kappa shape index (κ2) is 8.71. The Kier molecular flexibility index (Phi) is 5.86. The Bertz CT molecular complexity index is 1020. The highest BCUT2D eigenvalue weighted by Gasteiger charge is 2.25. The van der Waals surface area contributed by atoms with Gasteiger partial charge in [-0.05, 0) is 49.7 Å². The molecule has 0 radical (unpaired) electrons. The topological polar surface area (TPSA) is 50.6 Å². The number of piperazine rings is 1. The molecule has 1 fully saturated rings. The van der Waals surface area contributed by atoms with Gasteiger partial charge in [0.1, 0.15) is 5.75 Å². The van der Waals surface area contributed by atoms with E-state index >= 15 is 0 Å². The van der Waals surface area contributed by atoms with Crippen LogP contribution in [0.1, 0.15) is 27.3 Å². The summed E-state index contributed by atoms with van der Waals surface area (Å²) in [5.74, 6) is 0.916. The molecule has 1 aliphatic rings. The molecule has 0 spiro atoms. The molecule has 156 valence electrons. The summed E-state index contributed by atoms with van der Waals surface area (Å²) in [5.41, 5.74) is 5.04. The van der Waals surface area contributed by atoms with Gasteiger partial charge in [0.2, 0.25) is 0 Å². The Hall–Kier alpha value is -3.12. The number of benzene rings is 1. The molecule has 1 amide bonds. The summed E-state index contributed by atoms with van der Waals surface area (Å²) in [5, 5.41) is 0. The molecule has 6 heteroatoms. The average Bonchev–Trinajstić information content (AvgIpc) is 3.08. The van der Waals surface area contributed by atoms with Gasteiger partial charge in [0.25, 0.3) is 5.91 Å². The maximum absolute atomic E-state index is 13.3. The van der Waals surface area contributed by atoms with Crippen LogP contribution in [0.4, 0.5) is 0 Å². The zero-order valence-electron chi connectivity index (χ0n) is 17.8. The lowest BCUT2D eigenvalue weighted by Crippen LogP contribution is -2.48. The van der Waals surface area contributed by atoms with E-state index in [1.54, 1.807) is 7.11 Å². The van der Waals surface area contributed by atoms with E-state index in [0.717, 1.165) is 61.1 Å². The maximum Gasteiger partial charge on any atom is 0.255 e. The van der Waals surface area contributed by atoms with E-state index in [0.29, 0.717) is 0 Å². The molecule has 3 aromatic rings. The molecule has 6 nitrogen and oxygen atoms in total. The number of hydrogen-bond donors (Lipinski definition) is 0. The Morgan fingerprint density at radius 3 is 2.47 bits per heavy atom. The summed E-state index contributed by atoms with van der Waals surface area (Å²) in [6.45, 7) is 8.19. The minimum Gasteiger partial charge on any atom is -0.497 e. The van der Waals surface area contributed by atoms with Crippen molar-refractivity contribution in [3.05, 3.63) is 77.4 Å². The van der Waals surface area contributed by atoms with Crippen LogP contribution in [0, 0.1) is 13.8 Å². The minimum atomic E-state index is 0.112. The van der Waals surface area contributed by atoms with Crippen molar-refractivity contribution in [1.82, 2.24) is 19.4 Å². The third-order valence-corrected chi connectivity index (χ3v) is 5.79. The van der Waals surface area contributed by atoms with Crippen molar-refractivity contribution in [3.63, 3.8) is 0 Å². The fourth-order valence-electron chi connectivity index (χ4n) is 4.15. The van der Waals surface area contributed by atoms with Crippen LogP contribution in [0.15, 0.2) is 54.9 Å². The highest BCUT2D eigenvalue weighted by molar-refractivity contribution is 5.96. The molecule has 1 aliphatic heterocycles. The number of aromatic nitrogens is 2. The van der Waals surface area contributed by atoms with E-state index in [9.17, 15) is 4.79 Å². The number of carbonyl (C=O) groups excluding carboxylic acids is 1. The van der Waals surface area contributed by atoms with Crippen LogP contribution in [-0.2, 0) is 6.54 Å². The second-order valence-electron chi connectivity index (χ2n) is 7.75. The van der Waals surface area contributed by atoms with Gasteiger partial charge in [0, 0.05) is 68.3 Å². The molecule has 0 atom stereocenters. The van der Waals surface area contributed by atoms with E-state index < -0.39 is 0 Å². The molecule has 2 aromatic heterocycles. The van der Waals surface area contributed by atoms with Crippen LogP contribution < -0.4 is 4.74 Å². The van der Waals surface area contributed by atoms with Crippen LogP contribution in [0.2, 0.25) is 0 Å². The number of hydrogen-bond acceptors (Lipinski definition) is 4. The van der Waals surface area contributed by atoms with Gasteiger partial charge in [-0.15, -0.1) is 0 Å². The Morgan fingerprint density at radius 2 is 1.77 bits per heavy atom. The lowest BCUT2D eigenvalue weighted by atomic mass is 10.2. The number of pyridine rings is 1. The van der Waals surface area contributed by atoms with Gasteiger partial charge in [-0.1, -0.05) is 6.07 Å². The minimum absolute atomic E-state index is 0.112. The van der Waals surface area contributed by atoms with Gasteiger partial charge in [0.05, 0.1) is 12.7 Å². The molecule has 0 N–H and O–H groups in total. The standard InChI is InChI=1S/C24H28N4O2/c1-18-15-23(19(2)28(18)21-5-4-6-22(16-21)30-3)24(29)27-13-11-26(12-14-27)17-20-7-9-25-10-8-20/h4-10,15-16H,11-14,17H2,1-3H3. The second-order valence-corrected chi connectivity index (χ2v) is 7.75. The van der Waals surface area contributed by atoms with Crippen LogP contribution in [-0.4, -0.2) is 58.5 Å². The SMILES string of the molecule is COc1cccc(-n2c(C)cc(C(=O)N3CCN(Cc4ccncc4)CC3)c2C)c1. The molecule has 0 aliphatic carbocycles. The van der Waals surface area contributed by atoms with E-state index in [1.165, 1.54) is 5.56 Å². The first-order valence-corrected chi connectivity index (χ1v) is 10.3. The Labute approximate surface area is 177 Å². The predicted molar refractivity (Wildman–Crippen MR) is 117 cm³/mol. The summed E-state index contributed by atoms with van der Waals surface area (Å²) < 4.78 is 7.48. The quantitative estimate of drug-likeness (QED) is 0.654. The van der Waals surface area contributed by atoms with Gasteiger partial charge >= 0.3 is 0 Å². The first kappa shape index (κ1) is 20.2. The van der Waals surface area contributed by atoms with Crippen LogP contribution in [0.5, 0.6) is 5.75 Å². The van der Waals surface area contributed by atoms with Crippen LogP contribution in [0.3, 0.4) is 0 Å². The van der Waals surface area contributed by atoms with Gasteiger partial charge in [-0.3, -0.25) is 14.7 Å². The van der Waals surface area contributed by atoms with Crippen molar-refractivity contribution in [2.45, 2.75) is 20.4 Å². The van der Waals surface area contributed by atoms with Crippen molar-refractivity contribution in [2.75, 3.05) is 33.3 Å². The fourth-order valence-corrected chi connectivity index (χ4v) is 4.15. The monoisotopic (exact) mass is 404 g/mol. The summed E-state index contributed by atoms with van der Waals surface area (Å²) in [4.78, 5) is 21.7. The summed E-state index contributed by atoms with van der Waals surface area (Å²) in [7, 11) is 1.66.